The molecule has 0 unspecified atom stereocenters. The highest BCUT2D eigenvalue weighted by atomic mass is 16.6. The Morgan fingerprint density at radius 1 is 0.553 bits per heavy atom. The second kappa shape index (κ2) is 35.9. The van der Waals surface area contributed by atoms with Gasteiger partial charge in [-0.25, -0.2) is 0 Å². The molecule has 3 atom stereocenters. The number of aliphatic hydroxyl groups is 3. The van der Waals surface area contributed by atoms with Crippen LogP contribution in [-0.4, -0.2) is 58.8 Å². The number of carbonyl (C=O) groups is 2. The van der Waals surface area contributed by atoms with Crippen molar-refractivity contribution < 1.29 is 34.4 Å². The largest absolute Gasteiger partial charge is 0.462 e. The zero-order chi connectivity index (χ0) is 34.6. The first-order chi connectivity index (χ1) is 22.9. The van der Waals surface area contributed by atoms with E-state index in [0.29, 0.717) is 25.7 Å². The molecule has 0 saturated heterocycles. The van der Waals surface area contributed by atoms with Crippen LogP contribution in [0.1, 0.15) is 200 Å². The SMILES string of the molecule is CCCCC/C=C\C[C@H](O)[C@@H](O)CCCCCCCC(=O)O[C@@H](CO)COC(=O)CCCCCCCCCCCCCCCCCC. The summed E-state index contributed by atoms with van der Waals surface area (Å²) >= 11 is 0. The Morgan fingerprint density at radius 3 is 1.51 bits per heavy atom. The molecule has 278 valence electrons. The molecule has 0 aliphatic rings. The van der Waals surface area contributed by atoms with Gasteiger partial charge in [0, 0.05) is 12.8 Å². The molecular weight excluding hydrogens is 592 g/mol. The van der Waals surface area contributed by atoms with Crippen molar-refractivity contribution in [2.45, 2.75) is 218 Å². The molecule has 0 bridgehead atoms. The number of hydrogen-bond acceptors (Lipinski definition) is 7. The van der Waals surface area contributed by atoms with Crippen LogP contribution in [0.2, 0.25) is 0 Å². The predicted molar refractivity (Wildman–Crippen MR) is 194 cm³/mol. The van der Waals surface area contributed by atoms with Crippen LogP contribution in [0.4, 0.5) is 0 Å². The number of carbonyl (C=O) groups excluding carboxylic acids is 2. The van der Waals surface area contributed by atoms with Crippen molar-refractivity contribution in [3.8, 4) is 0 Å². The van der Waals surface area contributed by atoms with Gasteiger partial charge in [0.05, 0.1) is 18.8 Å². The number of ether oxygens (including phenoxy) is 2. The topological polar surface area (TPSA) is 113 Å². The van der Waals surface area contributed by atoms with Gasteiger partial charge in [0.25, 0.3) is 0 Å². The maximum atomic E-state index is 12.2. The molecule has 0 heterocycles. The number of aliphatic hydroxyl groups excluding tert-OH is 3. The minimum absolute atomic E-state index is 0.108. The second-order valence-corrected chi connectivity index (χ2v) is 13.7. The summed E-state index contributed by atoms with van der Waals surface area (Å²) in [5.74, 6) is -0.694. The van der Waals surface area contributed by atoms with Crippen molar-refractivity contribution in [1.29, 1.82) is 0 Å². The third-order valence-electron chi connectivity index (χ3n) is 9.01. The summed E-state index contributed by atoms with van der Waals surface area (Å²) in [6, 6.07) is 0. The van der Waals surface area contributed by atoms with Crippen LogP contribution in [0.3, 0.4) is 0 Å². The lowest BCUT2D eigenvalue weighted by Gasteiger charge is -2.16. The van der Waals surface area contributed by atoms with Gasteiger partial charge >= 0.3 is 11.9 Å². The average molecular weight is 669 g/mol. The van der Waals surface area contributed by atoms with Crippen molar-refractivity contribution >= 4 is 11.9 Å². The highest BCUT2D eigenvalue weighted by Gasteiger charge is 2.16. The molecule has 0 saturated carbocycles. The fourth-order valence-electron chi connectivity index (χ4n) is 5.81. The molecule has 0 aliphatic heterocycles. The monoisotopic (exact) mass is 669 g/mol. The van der Waals surface area contributed by atoms with Crippen molar-refractivity contribution in [2.75, 3.05) is 13.2 Å². The molecule has 0 aromatic heterocycles. The van der Waals surface area contributed by atoms with E-state index in [2.05, 4.69) is 19.9 Å². The van der Waals surface area contributed by atoms with Gasteiger partial charge in [-0.05, 0) is 38.5 Å². The Kier molecular flexibility index (Phi) is 34.8. The van der Waals surface area contributed by atoms with E-state index in [1.54, 1.807) is 0 Å². The van der Waals surface area contributed by atoms with Crippen LogP contribution in [0.25, 0.3) is 0 Å². The molecule has 47 heavy (non-hydrogen) atoms. The molecule has 0 radical (unpaired) electrons. The first-order valence-electron chi connectivity index (χ1n) is 19.9. The molecule has 0 fully saturated rings. The van der Waals surface area contributed by atoms with E-state index in [1.807, 2.05) is 6.08 Å². The third-order valence-corrected chi connectivity index (χ3v) is 9.01. The van der Waals surface area contributed by atoms with Crippen molar-refractivity contribution in [3.05, 3.63) is 12.2 Å². The maximum absolute atomic E-state index is 12.2. The lowest BCUT2D eigenvalue weighted by atomic mass is 10.0. The van der Waals surface area contributed by atoms with E-state index < -0.39 is 18.3 Å². The molecule has 0 amide bonds. The molecular formula is C40H76O7. The number of hydrogen-bond donors (Lipinski definition) is 3. The van der Waals surface area contributed by atoms with Crippen molar-refractivity contribution in [1.82, 2.24) is 0 Å². The van der Waals surface area contributed by atoms with E-state index in [-0.39, 0.29) is 31.6 Å². The molecule has 7 nitrogen and oxygen atoms in total. The van der Waals surface area contributed by atoms with Crippen LogP contribution >= 0.6 is 0 Å². The van der Waals surface area contributed by atoms with Crippen molar-refractivity contribution in [2.24, 2.45) is 0 Å². The summed E-state index contributed by atoms with van der Waals surface area (Å²) in [6.45, 7) is 3.96. The van der Waals surface area contributed by atoms with Gasteiger partial charge in [-0.3, -0.25) is 9.59 Å². The molecule has 0 aromatic carbocycles. The summed E-state index contributed by atoms with van der Waals surface area (Å²) in [7, 11) is 0. The normalized spacial score (nSPS) is 13.6. The molecule has 0 spiro atoms. The first kappa shape index (κ1) is 45.6. The fraction of sp³-hybridized carbons (Fsp3) is 0.900. The minimum Gasteiger partial charge on any atom is -0.462 e. The van der Waals surface area contributed by atoms with E-state index in [0.717, 1.165) is 51.4 Å². The van der Waals surface area contributed by atoms with E-state index in [4.69, 9.17) is 9.47 Å². The summed E-state index contributed by atoms with van der Waals surface area (Å²) in [4.78, 5) is 24.3. The standard InChI is InChI=1S/C40H76O7/c1-3-5-7-9-11-12-13-14-15-16-17-18-19-20-24-28-32-39(44)46-35-36(34-41)47-40(45)33-29-25-21-23-27-31-38(43)37(42)30-26-22-10-8-6-4-2/h22,26,36-38,41-43H,3-21,23-25,27-35H2,1-2H3/b26-22-/t36-,37-,38-/m0/s1. The molecule has 0 rings (SSSR count). The van der Waals surface area contributed by atoms with Gasteiger partial charge in [-0.1, -0.05) is 161 Å². The fourth-order valence-corrected chi connectivity index (χ4v) is 5.81. The Balaban J connectivity index is 3.65. The van der Waals surface area contributed by atoms with Crippen LogP contribution in [0, 0.1) is 0 Å². The Hall–Kier alpha value is -1.44. The van der Waals surface area contributed by atoms with Crippen molar-refractivity contribution in [3.63, 3.8) is 0 Å². The maximum Gasteiger partial charge on any atom is 0.306 e. The third kappa shape index (κ3) is 32.9. The van der Waals surface area contributed by atoms with Crippen LogP contribution in [-0.2, 0) is 19.1 Å². The Morgan fingerprint density at radius 2 is 1.00 bits per heavy atom. The number of esters is 2. The molecule has 7 heteroatoms. The summed E-state index contributed by atoms with van der Waals surface area (Å²) in [5, 5.41) is 29.8. The Bertz CT molecular complexity index is 711. The quantitative estimate of drug-likeness (QED) is 0.0346. The minimum atomic E-state index is -0.823. The van der Waals surface area contributed by atoms with Gasteiger partial charge in [0.2, 0.25) is 0 Å². The summed E-state index contributed by atoms with van der Waals surface area (Å²) in [5.41, 5.74) is 0. The Labute approximate surface area is 289 Å². The van der Waals surface area contributed by atoms with Gasteiger partial charge < -0.3 is 24.8 Å². The summed E-state index contributed by atoms with van der Waals surface area (Å²) < 4.78 is 10.5. The van der Waals surface area contributed by atoms with Gasteiger partial charge in [0.15, 0.2) is 6.10 Å². The van der Waals surface area contributed by atoms with Gasteiger partial charge in [0.1, 0.15) is 6.61 Å². The van der Waals surface area contributed by atoms with Crippen LogP contribution in [0.5, 0.6) is 0 Å². The van der Waals surface area contributed by atoms with E-state index in [9.17, 15) is 24.9 Å². The number of allylic oxidation sites excluding steroid dienone is 1. The lowest BCUT2D eigenvalue weighted by Crippen LogP contribution is -2.28. The zero-order valence-electron chi connectivity index (χ0n) is 30.8. The highest BCUT2D eigenvalue weighted by Crippen LogP contribution is 2.15. The van der Waals surface area contributed by atoms with Crippen LogP contribution in [0.15, 0.2) is 12.2 Å². The average Bonchev–Trinajstić information content (AvgIpc) is 3.07. The number of rotatable bonds is 36. The molecule has 0 aliphatic carbocycles. The summed E-state index contributed by atoms with van der Waals surface area (Å²) in [6.07, 6.45) is 32.9. The smallest absolute Gasteiger partial charge is 0.306 e. The van der Waals surface area contributed by atoms with Crippen LogP contribution < -0.4 is 0 Å². The van der Waals surface area contributed by atoms with E-state index >= 15 is 0 Å². The molecule has 3 N–H and O–H groups in total. The van der Waals surface area contributed by atoms with Gasteiger partial charge in [-0.15, -0.1) is 0 Å². The first-order valence-corrected chi connectivity index (χ1v) is 19.9. The predicted octanol–water partition coefficient (Wildman–Crippen LogP) is 10.1. The second-order valence-electron chi connectivity index (χ2n) is 13.7. The number of unbranched alkanes of at least 4 members (excludes halogenated alkanes) is 22. The van der Waals surface area contributed by atoms with E-state index in [1.165, 1.54) is 103 Å². The highest BCUT2D eigenvalue weighted by molar-refractivity contribution is 5.70. The lowest BCUT2D eigenvalue weighted by molar-refractivity contribution is -0.161. The van der Waals surface area contributed by atoms with Gasteiger partial charge in [-0.2, -0.15) is 0 Å². The zero-order valence-corrected chi connectivity index (χ0v) is 30.8. The molecule has 0 aromatic rings.